The summed E-state index contributed by atoms with van der Waals surface area (Å²) in [5, 5.41) is 4.13. The number of hydrogen-bond acceptors (Lipinski definition) is 4. The van der Waals surface area contributed by atoms with Crippen molar-refractivity contribution in [2.45, 2.75) is 33.4 Å². The first-order chi connectivity index (χ1) is 12.7. The summed E-state index contributed by atoms with van der Waals surface area (Å²) in [4.78, 5) is 0. The summed E-state index contributed by atoms with van der Waals surface area (Å²) in [6.45, 7) is 8.26. The minimum absolute atomic E-state index is 0. The second kappa shape index (κ2) is 13.7. The van der Waals surface area contributed by atoms with Crippen LogP contribution in [0, 0.1) is 0 Å². The predicted octanol–water partition coefficient (Wildman–Crippen LogP) is 5.26. The highest BCUT2D eigenvalue weighted by atomic mass is 35.5. The molecule has 0 aliphatic rings. The Kier molecular flexibility index (Phi) is 11.9. The van der Waals surface area contributed by atoms with Crippen LogP contribution in [-0.2, 0) is 17.9 Å². The van der Waals surface area contributed by atoms with E-state index in [0.717, 1.165) is 55.4 Å². The van der Waals surface area contributed by atoms with E-state index in [-0.39, 0.29) is 12.4 Å². The van der Waals surface area contributed by atoms with Crippen molar-refractivity contribution in [2.24, 2.45) is 0 Å². The first kappa shape index (κ1) is 23.6. The standard InChI is InChI=1S/C21H28ClNO3.ClH/c1-3-24-13-7-12-23-15-17-10-11-20(21(14-17)25-4-2)26-16-18-8-5-6-9-19(18)22;/h5-6,8-11,14,23H,3-4,7,12-13,15-16H2,1-2H3;1H. The third-order valence-corrected chi connectivity index (χ3v) is 4.19. The van der Waals surface area contributed by atoms with E-state index < -0.39 is 0 Å². The molecule has 150 valence electrons. The van der Waals surface area contributed by atoms with Gasteiger partial charge in [-0.3, -0.25) is 0 Å². The lowest BCUT2D eigenvalue weighted by Crippen LogP contribution is -2.16. The van der Waals surface area contributed by atoms with Crippen LogP contribution in [0.4, 0.5) is 0 Å². The highest BCUT2D eigenvalue weighted by Gasteiger charge is 2.08. The molecule has 0 amide bonds. The molecule has 0 aliphatic carbocycles. The number of benzene rings is 2. The van der Waals surface area contributed by atoms with E-state index in [2.05, 4.69) is 11.4 Å². The van der Waals surface area contributed by atoms with E-state index in [1.54, 1.807) is 0 Å². The van der Waals surface area contributed by atoms with Crippen LogP contribution in [0.2, 0.25) is 5.02 Å². The van der Waals surface area contributed by atoms with Gasteiger partial charge in [0.2, 0.25) is 0 Å². The summed E-state index contributed by atoms with van der Waals surface area (Å²) in [7, 11) is 0. The molecule has 4 nitrogen and oxygen atoms in total. The molecule has 0 bridgehead atoms. The van der Waals surface area contributed by atoms with Crippen LogP contribution in [-0.4, -0.2) is 26.4 Å². The van der Waals surface area contributed by atoms with E-state index in [1.165, 1.54) is 0 Å². The molecule has 0 unspecified atom stereocenters. The predicted molar refractivity (Wildman–Crippen MR) is 113 cm³/mol. The van der Waals surface area contributed by atoms with Crippen molar-refractivity contribution in [3.8, 4) is 11.5 Å². The minimum atomic E-state index is 0. The van der Waals surface area contributed by atoms with Crippen molar-refractivity contribution < 1.29 is 14.2 Å². The van der Waals surface area contributed by atoms with Gasteiger partial charge in [0.05, 0.1) is 6.61 Å². The highest BCUT2D eigenvalue weighted by Crippen LogP contribution is 2.30. The zero-order chi connectivity index (χ0) is 18.6. The van der Waals surface area contributed by atoms with Gasteiger partial charge in [-0.1, -0.05) is 35.9 Å². The maximum atomic E-state index is 6.19. The second-order valence-electron chi connectivity index (χ2n) is 5.82. The van der Waals surface area contributed by atoms with Gasteiger partial charge in [0, 0.05) is 30.3 Å². The van der Waals surface area contributed by atoms with Crippen LogP contribution in [0.5, 0.6) is 11.5 Å². The minimum Gasteiger partial charge on any atom is -0.490 e. The van der Waals surface area contributed by atoms with Gasteiger partial charge >= 0.3 is 0 Å². The van der Waals surface area contributed by atoms with Crippen molar-refractivity contribution in [2.75, 3.05) is 26.4 Å². The Morgan fingerprint density at radius 2 is 1.78 bits per heavy atom. The van der Waals surface area contributed by atoms with Crippen molar-refractivity contribution in [1.82, 2.24) is 5.32 Å². The summed E-state index contributed by atoms with van der Waals surface area (Å²) in [6.07, 6.45) is 1.01. The van der Waals surface area contributed by atoms with E-state index in [0.29, 0.717) is 18.2 Å². The summed E-state index contributed by atoms with van der Waals surface area (Å²) in [5.74, 6) is 1.49. The number of halogens is 2. The van der Waals surface area contributed by atoms with E-state index in [4.69, 9.17) is 25.8 Å². The van der Waals surface area contributed by atoms with Gasteiger partial charge in [-0.2, -0.15) is 0 Å². The Balaban J connectivity index is 0.00000364. The van der Waals surface area contributed by atoms with Gasteiger partial charge in [0.25, 0.3) is 0 Å². The van der Waals surface area contributed by atoms with Gasteiger partial charge in [-0.25, -0.2) is 0 Å². The normalized spacial score (nSPS) is 10.3. The fraction of sp³-hybridized carbons (Fsp3) is 0.429. The molecule has 2 aromatic rings. The van der Waals surface area contributed by atoms with Gasteiger partial charge in [0.15, 0.2) is 11.5 Å². The molecule has 0 aromatic heterocycles. The van der Waals surface area contributed by atoms with Crippen LogP contribution in [0.1, 0.15) is 31.4 Å². The van der Waals surface area contributed by atoms with Crippen LogP contribution >= 0.6 is 24.0 Å². The lowest BCUT2D eigenvalue weighted by molar-refractivity contribution is 0.144. The summed E-state index contributed by atoms with van der Waals surface area (Å²) in [6, 6.07) is 13.7. The molecule has 2 rings (SSSR count). The number of nitrogens with one attached hydrogen (secondary N) is 1. The molecule has 0 spiro atoms. The van der Waals surface area contributed by atoms with E-state index >= 15 is 0 Å². The molecule has 27 heavy (non-hydrogen) atoms. The molecular weight excluding hydrogens is 385 g/mol. The summed E-state index contributed by atoms with van der Waals surface area (Å²) in [5.41, 5.74) is 2.12. The van der Waals surface area contributed by atoms with E-state index in [1.807, 2.05) is 50.2 Å². The smallest absolute Gasteiger partial charge is 0.161 e. The SMILES string of the molecule is CCOCCCNCc1ccc(OCc2ccccc2Cl)c(OCC)c1.Cl. The first-order valence-electron chi connectivity index (χ1n) is 9.15. The first-order valence-corrected chi connectivity index (χ1v) is 9.52. The molecule has 0 heterocycles. The molecule has 0 radical (unpaired) electrons. The molecular formula is C21H29Cl2NO3. The van der Waals surface area contributed by atoms with Gasteiger partial charge in [-0.05, 0) is 50.6 Å². The quantitative estimate of drug-likeness (QED) is 0.481. The molecule has 0 saturated carbocycles. The Hall–Kier alpha value is -1.46. The highest BCUT2D eigenvalue weighted by molar-refractivity contribution is 6.31. The molecule has 0 aliphatic heterocycles. The average molecular weight is 414 g/mol. The third-order valence-electron chi connectivity index (χ3n) is 3.82. The fourth-order valence-corrected chi connectivity index (χ4v) is 2.69. The molecule has 0 saturated heterocycles. The Labute approximate surface area is 173 Å². The average Bonchev–Trinajstić information content (AvgIpc) is 2.65. The van der Waals surface area contributed by atoms with Crippen LogP contribution < -0.4 is 14.8 Å². The van der Waals surface area contributed by atoms with Crippen LogP contribution in [0.3, 0.4) is 0 Å². The van der Waals surface area contributed by atoms with Crippen molar-refractivity contribution in [3.05, 3.63) is 58.6 Å². The zero-order valence-electron chi connectivity index (χ0n) is 16.0. The number of hydrogen-bond donors (Lipinski definition) is 1. The fourth-order valence-electron chi connectivity index (χ4n) is 2.50. The Morgan fingerprint density at radius 1 is 0.963 bits per heavy atom. The van der Waals surface area contributed by atoms with Crippen molar-refractivity contribution in [3.63, 3.8) is 0 Å². The van der Waals surface area contributed by atoms with Crippen LogP contribution in [0.25, 0.3) is 0 Å². The summed E-state index contributed by atoms with van der Waals surface area (Å²) < 4.78 is 17.0. The van der Waals surface area contributed by atoms with E-state index in [9.17, 15) is 0 Å². The third kappa shape index (κ3) is 8.39. The Morgan fingerprint density at radius 3 is 2.52 bits per heavy atom. The monoisotopic (exact) mass is 413 g/mol. The zero-order valence-corrected chi connectivity index (χ0v) is 17.6. The topological polar surface area (TPSA) is 39.7 Å². The lowest BCUT2D eigenvalue weighted by atomic mass is 10.2. The molecule has 0 atom stereocenters. The van der Waals surface area contributed by atoms with Gasteiger partial charge in [-0.15, -0.1) is 12.4 Å². The lowest BCUT2D eigenvalue weighted by Gasteiger charge is -2.14. The molecule has 0 fully saturated rings. The second-order valence-corrected chi connectivity index (χ2v) is 6.23. The number of rotatable bonds is 12. The molecule has 1 N–H and O–H groups in total. The summed E-state index contributed by atoms with van der Waals surface area (Å²) >= 11 is 6.19. The van der Waals surface area contributed by atoms with Crippen LogP contribution in [0.15, 0.2) is 42.5 Å². The molecule has 2 aromatic carbocycles. The number of ether oxygens (including phenoxy) is 3. The maximum absolute atomic E-state index is 6.19. The van der Waals surface area contributed by atoms with Gasteiger partial charge in [0.1, 0.15) is 6.61 Å². The van der Waals surface area contributed by atoms with Crippen molar-refractivity contribution in [1.29, 1.82) is 0 Å². The largest absolute Gasteiger partial charge is 0.490 e. The maximum Gasteiger partial charge on any atom is 0.161 e. The van der Waals surface area contributed by atoms with Crippen molar-refractivity contribution >= 4 is 24.0 Å². The Bertz CT molecular complexity index is 668. The van der Waals surface area contributed by atoms with Gasteiger partial charge < -0.3 is 19.5 Å². The molecule has 6 heteroatoms.